The van der Waals surface area contributed by atoms with Crippen molar-refractivity contribution in [2.45, 2.75) is 0 Å². The summed E-state index contributed by atoms with van der Waals surface area (Å²) in [5.41, 5.74) is 2.36. The first kappa shape index (κ1) is 13.1. The van der Waals surface area contributed by atoms with E-state index in [0.29, 0.717) is 0 Å². The topological polar surface area (TPSA) is 12.0 Å². The van der Waals surface area contributed by atoms with Gasteiger partial charge in [0.1, 0.15) is 0 Å². The van der Waals surface area contributed by atoms with Gasteiger partial charge in [-0.3, -0.25) is 0 Å². The van der Waals surface area contributed by atoms with Crippen LogP contribution in [0.25, 0.3) is 5.57 Å². The van der Waals surface area contributed by atoms with Crippen molar-refractivity contribution in [1.82, 2.24) is 5.32 Å². The minimum absolute atomic E-state index is 0.860. The highest BCUT2D eigenvalue weighted by Gasteiger charge is 1.96. The molecule has 1 rings (SSSR count). The number of hydrogen-bond acceptors (Lipinski definition) is 2. The predicted octanol–water partition coefficient (Wildman–Crippen LogP) is 3.21. The monoisotopic (exact) mass is 233 g/mol. The molecular formula is C14H19NS. The molecule has 0 aromatic heterocycles. The third kappa shape index (κ3) is 5.19. The lowest BCUT2D eigenvalue weighted by molar-refractivity contribution is 0.815. The molecule has 1 N–H and O–H groups in total. The average molecular weight is 233 g/mol. The van der Waals surface area contributed by atoms with Gasteiger partial charge in [0, 0.05) is 24.6 Å². The van der Waals surface area contributed by atoms with E-state index in [2.05, 4.69) is 30.6 Å². The Hall–Kier alpha value is -0.990. The van der Waals surface area contributed by atoms with Gasteiger partial charge in [0.05, 0.1) is 0 Å². The molecule has 1 aromatic carbocycles. The smallest absolute Gasteiger partial charge is 0.0205 e. The Balaban J connectivity index is 2.14. The van der Waals surface area contributed by atoms with E-state index in [1.54, 1.807) is 0 Å². The zero-order valence-corrected chi connectivity index (χ0v) is 10.4. The van der Waals surface area contributed by atoms with Gasteiger partial charge in [-0.05, 0) is 11.1 Å². The molecule has 0 saturated carbocycles. The van der Waals surface area contributed by atoms with E-state index in [9.17, 15) is 0 Å². The van der Waals surface area contributed by atoms with E-state index in [1.807, 2.05) is 36.0 Å². The summed E-state index contributed by atoms with van der Waals surface area (Å²) in [6, 6.07) is 10.3. The predicted molar refractivity (Wildman–Crippen MR) is 75.9 cm³/mol. The summed E-state index contributed by atoms with van der Waals surface area (Å²) in [6.45, 7) is 9.64. The van der Waals surface area contributed by atoms with Gasteiger partial charge in [-0.2, -0.15) is 11.8 Å². The van der Waals surface area contributed by atoms with Crippen molar-refractivity contribution in [1.29, 1.82) is 0 Å². The largest absolute Gasteiger partial charge is 0.312 e. The Bertz CT molecular complexity index is 319. The molecule has 0 fully saturated rings. The molecule has 0 unspecified atom stereocenters. The highest BCUT2D eigenvalue weighted by molar-refractivity contribution is 7.99. The lowest BCUT2D eigenvalue weighted by Crippen LogP contribution is -2.19. The van der Waals surface area contributed by atoms with E-state index in [4.69, 9.17) is 0 Å². The second-order valence-corrected chi connectivity index (χ2v) is 4.66. The van der Waals surface area contributed by atoms with Crippen molar-refractivity contribution in [2.75, 3.05) is 24.6 Å². The van der Waals surface area contributed by atoms with Crippen LogP contribution in [0.2, 0.25) is 0 Å². The highest BCUT2D eigenvalue weighted by atomic mass is 32.2. The minimum Gasteiger partial charge on any atom is -0.312 e. The summed E-state index contributed by atoms with van der Waals surface area (Å²) >= 11 is 1.89. The normalized spacial score (nSPS) is 10.0. The Kier molecular flexibility index (Phi) is 6.70. The summed E-state index contributed by atoms with van der Waals surface area (Å²) < 4.78 is 0. The number of benzene rings is 1. The number of rotatable bonds is 8. The van der Waals surface area contributed by atoms with E-state index in [1.165, 1.54) is 5.56 Å². The van der Waals surface area contributed by atoms with Crippen LogP contribution in [0.15, 0.2) is 49.6 Å². The first-order valence-electron chi connectivity index (χ1n) is 5.47. The van der Waals surface area contributed by atoms with Gasteiger partial charge in [0.15, 0.2) is 0 Å². The molecule has 0 spiro atoms. The number of nitrogens with one attached hydrogen (secondary N) is 1. The van der Waals surface area contributed by atoms with Crippen molar-refractivity contribution >= 4 is 17.3 Å². The first-order valence-corrected chi connectivity index (χ1v) is 6.62. The minimum atomic E-state index is 0.860. The molecule has 2 heteroatoms. The third-order valence-corrected chi connectivity index (χ3v) is 3.14. The zero-order valence-electron chi connectivity index (χ0n) is 9.61. The van der Waals surface area contributed by atoms with Crippen molar-refractivity contribution in [3.8, 4) is 0 Å². The van der Waals surface area contributed by atoms with Crippen LogP contribution >= 0.6 is 11.8 Å². The molecule has 0 aliphatic rings. The summed E-state index contributed by atoms with van der Waals surface area (Å²) in [4.78, 5) is 0. The Morgan fingerprint density at radius 3 is 2.75 bits per heavy atom. The van der Waals surface area contributed by atoms with Gasteiger partial charge >= 0.3 is 0 Å². The van der Waals surface area contributed by atoms with Crippen molar-refractivity contribution in [3.63, 3.8) is 0 Å². The van der Waals surface area contributed by atoms with Crippen LogP contribution in [0.1, 0.15) is 5.56 Å². The van der Waals surface area contributed by atoms with Crippen LogP contribution in [0.5, 0.6) is 0 Å². The maximum absolute atomic E-state index is 4.07. The molecule has 0 amide bonds. The SMILES string of the molecule is C=CCSCCNCC(=C)c1ccccc1. The van der Waals surface area contributed by atoms with E-state index >= 15 is 0 Å². The van der Waals surface area contributed by atoms with Crippen LogP contribution in [-0.2, 0) is 0 Å². The molecule has 0 heterocycles. The molecule has 0 atom stereocenters. The van der Waals surface area contributed by atoms with Crippen molar-refractivity contribution in [2.24, 2.45) is 0 Å². The quantitative estimate of drug-likeness (QED) is 0.546. The lowest BCUT2D eigenvalue weighted by atomic mass is 10.1. The lowest BCUT2D eigenvalue weighted by Gasteiger charge is -2.07. The molecule has 86 valence electrons. The number of thioether (sulfide) groups is 1. The third-order valence-electron chi connectivity index (χ3n) is 2.18. The molecule has 0 radical (unpaired) electrons. The van der Waals surface area contributed by atoms with Gasteiger partial charge < -0.3 is 5.32 Å². The molecular weight excluding hydrogens is 214 g/mol. The fraction of sp³-hybridized carbons (Fsp3) is 0.286. The second-order valence-electron chi connectivity index (χ2n) is 3.51. The molecule has 16 heavy (non-hydrogen) atoms. The molecule has 0 saturated heterocycles. The summed E-state index contributed by atoms with van der Waals surface area (Å²) in [6.07, 6.45) is 1.94. The summed E-state index contributed by atoms with van der Waals surface area (Å²) in [7, 11) is 0. The van der Waals surface area contributed by atoms with Crippen LogP contribution < -0.4 is 5.32 Å². The van der Waals surface area contributed by atoms with Gasteiger partial charge in [0.2, 0.25) is 0 Å². The van der Waals surface area contributed by atoms with Crippen LogP contribution in [0, 0.1) is 0 Å². The molecule has 0 aliphatic carbocycles. The molecule has 0 aliphatic heterocycles. The van der Waals surface area contributed by atoms with Crippen LogP contribution in [0.3, 0.4) is 0 Å². The summed E-state index contributed by atoms with van der Waals surface area (Å²) in [5.74, 6) is 2.15. The van der Waals surface area contributed by atoms with E-state index in [-0.39, 0.29) is 0 Å². The van der Waals surface area contributed by atoms with Gasteiger partial charge in [-0.15, -0.1) is 6.58 Å². The maximum Gasteiger partial charge on any atom is 0.0205 e. The fourth-order valence-electron chi connectivity index (χ4n) is 1.33. The molecule has 0 bridgehead atoms. The first-order chi connectivity index (χ1) is 7.84. The van der Waals surface area contributed by atoms with Crippen LogP contribution in [0.4, 0.5) is 0 Å². The van der Waals surface area contributed by atoms with Crippen molar-refractivity contribution in [3.05, 3.63) is 55.1 Å². The standard InChI is InChI=1S/C14H19NS/c1-3-10-16-11-9-15-12-13(2)14-7-5-4-6-8-14/h3-8,15H,1-2,9-12H2. The van der Waals surface area contributed by atoms with E-state index in [0.717, 1.165) is 30.2 Å². The summed E-state index contributed by atoms with van der Waals surface area (Å²) in [5, 5.41) is 3.39. The highest BCUT2D eigenvalue weighted by Crippen LogP contribution is 2.09. The van der Waals surface area contributed by atoms with Gasteiger partial charge in [-0.1, -0.05) is 43.0 Å². The van der Waals surface area contributed by atoms with Gasteiger partial charge in [0.25, 0.3) is 0 Å². The van der Waals surface area contributed by atoms with E-state index < -0.39 is 0 Å². The fourth-order valence-corrected chi connectivity index (χ4v) is 1.95. The second kappa shape index (κ2) is 8.20. The Labute approximate surface area is 103 Å². The molecule has 1 nitrogen and oxygen atoms in total. The molecule has 1 aromatic rings. The van der Waals surface area contributed by atoms with Crippen LogP contribution in [-0.4, -0.2) is 24.6 Å². The van der Waals surface area contributed by atoms with Crippen molar-refractivity contribution < 1.29 is 0 Å². The Morgan fingerprint density at radius 1 is 1.31 bits per heavy atom. The average Bonchev–Trinajstić information content (AvgIpc) is 2.34. The van der Waals surface area contributed by atoms with Gasteiger partial charge in [-0.25, -0.2) is 0 Å². The number of hydrogen-bond donors (Lipinski definition) is 1. The zero-order chi connectivity index (χ0) is 11.6. The maximum atomic E-state index is 4.07. The Morgan fingerprint density at radius 2 is 2.06 bits per heavy atom.